The molecule has 0 unspecified atom stereocenters. The van der Waals surface area contributed by atoms with Crippen LogP contribution in [0.25, 0.3) is 0 Å². The molecular weight excluding hydrogens is 216 g/mol. The highest BCUT2D eigenvalue weighted by Gasteiger charge is 2.03. The first-order valence-electron chi connectivity index (χ1n) is 5.88. The summed E-state index contributed by atoms with van der Waals surface area (Å²) in [4.78, 5) is 11.2. The highest BCUT2D eigenvalue weighted by Crippen LogP contribution is 2.17. The summed E-state index contributed by atoms with van der Waals surface area (Å²) >= 11 is 0. The summed E-state index contributed by atoms with van der Waals surface area (Å²) in [5, 5.41) is 2.72. The van der Waals surface area contributed by atoms with Crippen molar-refractivity contribution >= 4 is 5.91 Å². The van der Waals surface area contributed by atoms with Gasteiger partial charge >= 0.3 is 0 Å². The van der Waals surface area contributed by atoms with E-state index in [0.29, 0.717) is 19.6 Å². The second-order valence-electron chi connectivity index (χ2n) is 3.91. The Balaban J connectivity index is 2.41. The van der Waals surface area contributed by atoms with Gasteiger partial charge in [-0.1, -0.05) is 12.1 Å². The Bertz CT molecular complexity index is 364. The summed E-state index contributed by atoms with van der Waals surface area (Å²) in [5.41, 5.74) is 6.81. The van der Waals surface area contributed by atoms with Crippen LogP contribution in [0.3, 0.4) is 0 Å². The van der Waals surface area contributed by atoms with Gasteiger partial charge < -0.3 is 15.8 Å². The number of hydrogen-bond donors (Lipinski definition) is 2. The Morgan fingerprint density at radius 2 is 2.29 bits per heavy atom. The van der Waals surface area contributed by atoms with Crippen molar-refractivity contribution in [1.29, 1.82) is 0 Å². The number of carbonyl (C=O) groups is 1. The monoisotopic (exact) mass is 236 g/mol. The zero-order valence-electron chi connectivity index (χ0n) is 10.4. The Kier molecular flexibility index (Phi) is 5.49. The van der Waals surface area contributed by atoms with Crippen LogP contribution in [0, 0.1) is 0 Å². The van der Waals surface area contributed by atoms with E-state index in [1.54, 1.807) is 0 Å². The predicted octanol–water partition coefficient (Wildman–Crippen LogP) is 1.61. The van der Waals surface area contributed by atoms with Crippen molar-refractivity contribution in [3.8, 4) is 5.75 Å². The second-order valence-corrected chi connectivity index (χ2v) is 3.91. The molecule has 4 nitrogen and oxygen atoms in total. The quantitative estimate of drug-likeness (QED) is 0.788. The zero-order valence-corrected chi connectivity index (χ0v) is 10.4. The first-order valence-corrected chi connectivity index (χ1v) is 5.88. The first-order chi connectivity index (χ1) is 8.13. The van der Waals surface area contributed by atoms with Gasteiger partial charge in [-0.2, -0.15) is 0 Å². The van der Waals surface area contributed by atoms with Gasteiger partial charge in [0.2, 0.25) is 5.91 Å². The topological polar surface area (TPSA) is 64.3 Å². The maximum atomic E-state index is 11.2. The number of rotatable bonds is 6. The second kappa shape index (κ2) is 6.91. The van der Waals surface area contributed by atoms with Gasteiger partial charge in [-0.05, 0) is 31.5 Å². The number of hydrogen-bond acceptors (Lipinski definition) is 3. The Hall–Kier alpha value is -1.55. The van der Waals surface area contributed by atoms with Gasteiger partial charge in [-0.15, -0.1) is 0 Å². The molecule has 1 aromatic carbocycles. The van der Waals surface area contributed by atoms with Gasteiger partial charge in [-0.3, -0.25) is 4.79 Å². The van der Waals surface area contributed by atoms with Crippen LogP contribution in [0.5, 0.6) is 5.75 Å². The van der Waals surface area contributed by atoms with E-state index in [1.807, 2.05) is 38.1 Å². The average Bonchev–Trinajstić information content (AvgIpc) is 2.30. The molecule has 0 aliphatic heterocycles. The Morgan fingerprint density at radius 1 is 1.53 bits per heavy atom. The van der Waals surface area contributed by atoms with Crippen molar-refractivity contribution in [2.24, 2.45) is 5.73 Å². The lowest BCUT2D eigenvalue weighted by Crippen LogP contribution is -2.24. The SMILES string of the molecule is CCNC(=O)CCOc1cccc([C@@H](C)N)c1. The van der Waals surface area contributed by atoms with Crippen LogP contribution in [0.2, 0.25) is 0 Å². The number of carbonyl (C=O) groups excluding carboxylic acids is 1. The van der Waals surface area contributed by atoms with Gasteiger partial charge in [0.05, 0.1) is 13.0 Å². The van der Waals surface area contributed by atoms with Gasteiger partial charge in [0.25, 0.3) is 0 Å². The minimum absolute atomic E-state index is 0.0100. The minimum atomic E-state index is -0.0121. The molecule has 0 aromatic heterocycles. The molecule has 0 fully saturated rings. The maximum absolute atomic E-state index is 11.2. The number of ether oxygens (including phenoxy) is 1. The van der Waals surface area contributed by atoms with Gasteiger partial charge in [0, 0.05) is 12.6 Å². The third-order valence-corrected chi connectivity index (χ3v) is 2.36. The lowest BCUT2D eigenvalue weighted by molar-refractivity contribution is -0.121. The highest BCUT2D eigenvalue weighted by atomic mass is 16.5. The predicted molar refractivity (Wildman–Crippen MR) is 67.8 cm³/mol. The van der Waals surface area contributed by atoms with Crippen molar-refractivity contribution in [3.05, 3.63) is 29.8 Å². The van der Waals surface area contributed by atoms with E-state index in [-0.39, 0.29) is 11.9 Å². The number of nitrogens with one attached hydrogen (secondary N) is 1. The Labute approximate surface area is 102 Å². The minimum Gasteiger partial charge on any atom is -0.493 e. The molecule has 1 aromatic rings. The molecule has 1 atom stereocenters. The first kappa shape index (κ1) is 13.5. The summed E-state index contributed by atoms with van der Waals surface area (Å²) in [6.07, 6.45) is 0.371. The molecule has 0 bridgehead atoms. The third kappa shape index (κ3) is 4.87. The third-order valence-electron chi connectivity index (χ3n) is 2.36. The average molecular weight is 236 g/mol. The molecule has 0 aliphatic carbocycles. The molecule has 0 heterocycles. The van der Waals surface area contributed by atoms with E-state index in [1.165, 1.54) is 0 Å². The van der Waals surface area contributed by atoms with Crippen molar-refractivity contribution in [3.63, 3.8) is 0 Å². The van der Waals surface area contributed by atoms with Gasteiger partial charge in [0.15, 0.2) is 0 Å². The number of amides is 1. The molecule has 0 spiro atoms. The van der Waals surface area contributed by atoms with E-state index < -0.39 is 0 Å². The molecule has 0 saturated carbocycles. The smallest absolute Gasteiger partial charge is 0.223 e. The normalized spacial score (nSPS) is 11.9. The molecule has 4 heteroatoms. The number of nitrogens with two attached hydrogens (primary N) is 1. The highest BCUT2D eigenvalue weighted by molar-refractivity contribution is 5.75. The summed E-state index contributed by atoms with van der Waals surface area (Å²) in [6, 6.07) is 7.62. The van der Waals surface area contributed by atoms with E-state index in [2.05, 4.69) is 5.32 Å². The van der Waals surface area contributed by atoms with E-state index in [9.17, 15) is 4.79 Å². The molecule has 0 saturated heterocycles. The van der Waals surface area contributed by atoms with E-state index >= 15 is 0 Å². The van der Waals surface area contributed by atoms with Crippen LogP contribution in [0.1, 0.15) is 31.9 Å². The molecule has 0 radical (unpaired) electrons. The van der Waals surface area contributed by atoms with Crippen molar-refractivity contribution in [1.82, 2.24) is 5.32 Å². The van der Waals surface area contributed by atoms with E-state index in [4.69, 9.17) is 10.5 Å². The summed E-state index contributed by atoms with van der Waals surface area (Å²) in [6.45, 7) is 4.85. The summed E-state index contributed by atoms with van der Waals surface area (Å²) < 4.78 is 5.50. The summed E-state index contributed by atoms with van der Waals surface area (Å²) in [5.74, 6) is 0.764. The maximum Gasteiger partial charge on any atom is 0.223 e. The lowest BCUT2D eigenvalue weighted by Gasteiger charge is -2.09. The molecule has 1 rings (SSSR count). The standard InChI is InChI=1S/C13H20N2O2/c1-3-15-13(16)7-8-17-12-6-4-5-11(9-12)10(2)14/h4-6,9-10H,3,7-8,14H2,1-2H3,(H,15,16)/t10-/m1/s1. The van der Waals surface area contributed by atoms with Crippen molar-refractivity contribution in [2.45, 2.75) is 26.3 Å². The fourth-order valence-corrected chi connectivity index (χ4v) is 1.43. The van der Waals surface area contributed by atoms with E-state index in [0.717, 1.165) is 11.3 Å². The molecule has 17 heavy (non-hydrogen) atoms. The van der Waals surface area contributed by atoms with Crippen LogP contribution in [-0.4, -0.2) is 19.1 Å². The van der Waals surface area contributed by atoms with Crippen LogP contribution in [0.15, 0.2) is 24.3 Å². The summed E-state index contributed by atoms with van der Waals surface area (Å²) in [7, 11) is 0. The molecule has 3 N–H and O–H groups in total. The molecule has 0 aliphatic rings. The largest absolute Gasteiger partial charge is 0.493 e. The van der Waals surface area contributed by atoms with Crippen LogP contribution >= 0.6 is 0 Å². The van der Waals surface area contributed by atoms with Crippen LogP contribution < -0.4 is 15.8 Å². The lowest BCUT2D eigenvalue weighted by atomic mass is 10.1. The van der Waals surface area contributed by atoms with Crippen molar-refractivity contribution in [2.75, 3.05) is 13.2 Å². The Morgan fingerprint density at radius 3 is 2.94 bits per heavy atom. The van der Waals surface area contributed by atoms with Gasteiger partial charge in [-0.25, -0.2) is 0 Å². The van der Waals surface area contributed by atoms with Gasteiger partial charge in [0.1, 0.15) is 5.75 Å². The molecule has 94 valence electrons. The van der Waals surface area contributed by atoms with Crippen molar-refractivity contribution < 1.29 is 9.53 Å². The fourth-order valence-electron chi connectivity index (χ4n) is 1.43. The fraction of sp³-hybridized carbons (Fsp3) is 0.462. The van der Waals surface area contributed by atoms with Crippen LogP contribution in [-0.2, 0) is 4.79 Å². The number of benzene rings is 1. The van der Waals surface area contributed by atoms with Crippen LogP contribution in [0.4, 0.5) is 0 Å². The zero-order chi connectivity index (χ0) is 12.7. The molecule has 1 amide bonds. The molecular formula is C13H20N2O2.